The Morgan fingerprint density at radius 3 is 2.18 bits per heavy atom. The molecule has 6 aromatic rings. The highest BCUT2D eigenvalue weighted by molar-refractivity contribution is 6.91. The Morgan fingerprint density at radius 1 is 0.883 bits per heavy atom. The van der Waals surface area contributed by atoms with Crippen molar-refractivity contribution >= 4 is 42.6 Å². The van der Waals surface area contributed by atoms with E-state index in [0.717, 1.165) is 45.9 Å². The minimum atomic E-state index is -2.41. The van der Waals surface area contributed by atoms with E-state index < -0.39 is 13.7 Å². The minimum Gasteiger partial charge on any atom is -0.497 e. The summed E-state index contributed by atoms with van der Waals surface area (Å²) < 4.78 is 20.5. The van der Waals surface area contributed by atoms with Gasteiger partial charge < -0.3 is 24.2 Å². The Hall–Kier alpha value is -6.08. The van der Waals surface area contributed by atoms with E-state index in [1.54, 1.807) is 19.1 Å². The highest BCUT2D eigenvalue weighted by Crippen LogP contribution is 2.60. The first kappa shape index (κ1) is 40.7. The molecule has 5 atom stereocenters. The standard InChI is InChI=1S/C48H51N5O6Si/c1-33-46(60(4,5)40-23-20-38(57-2)21-24-40)45(26-27-51-30-43(49-50-51)41(31-54)35-12-8-6-9-13-35)59-48(33)42-28-39(58-3)22-25-44(42)52(47(48)56)29-34-16-18-37(19-17-34)53(32-55)36-14-10-7-11-15-36/h6-25,28,30,32-33,41,45-46,54H,26-27,29,31H2,1-5H3/t33-,41?,45+,46-,48+/m0/s1. The third-order valence-corrected chi connectivity index (χ3v) is 17.0. The minimum absolute atomic E-state index is 0.0120. The normalized spacial score (nSPS) is 20.3. The van der Waals surface area contributed by atoms with Crippen LogP contribution in [0.3, 0.4) is 0 Å². The van der Waals surface area contributed by atoms with Gasteiger partial charge >= 0.3 is 0 Å². The summed E-state index contributed by atoms with van der Waals surface area (Å²) in [4.78, 5) is 31.0. The highest BCUT2D eigenvalue weighted by atomic mass is 28.3. The van der Waals surface area contributed by atoms with Gasteiger partial charge in [0.2, 0.25) is 6.41 Å². The first-order valence-corrected chi connectivity index (χ1v) is 23.5. The first-order valence-electron chi connectivity index (χ1n) is 20.4. The number of fused-ring (bicyclic) bond motifs is 2. The van der Waals surface area contributed by atoms with Gasteiger partial charge in [0, 0.05) is 35.6 Å². The van der Waals surface area contributed by atoms with Gasteiger partial charge in [-0.05, 0) is 77.7 Å². The van der Waals surface area contributed by atoms with Crippen LogP contribution in [0.5, 0.6) is 11.5 Å². The number of amides is 2. The zero-order chi connectivity index (χ0) is 42.0. The summed E-state index contributed by atoms with van der Waals surface area (Å²) in [6.45, 7) is 7.65. The Labute approximate surface area is 352 Å². The van der Waals surface area contributed by atoms with Gasteiger partial charge in [-0.15, -0.1) is 5.10 Å². The molecule has 12 heteroatoms. The summed E-state index contributed by atoms with van der Waals surface area (Å²) in [6, 6.07) is 41.2. The van der Waals surface area contributed by atoms with Crippen LogP contribution in [-0.4, -0.2) is 67.4 Å². The molecule has 2 aliphatic rings. The number of rotatable bonds is 15. The molecule has 308 valence electrons. The number of aliphatic hydroxyl groups excluding tert-OH is 1. The van der Waals surface area contributed by atoms with Gasteiger partial charge in [0.05, 0.1) is 58.8 Å². The molecule has 11 nitrogen and oxygen atoms in total. The predicted molar refractivity (Wildman–Crippen MR) is 235 cm³/mol. The molecule has 2 amide bonds. The van der Waals surface area contributed by atoms with E-state index in [-0.39, 0.29) is 36.0 Å². The zero-order valence-electron chi connectivity index (χ0n) is 34.6. The Morgan fingerprint density at radius 2 is 1.53 bits per heavy atom. The molecule has 1 aromatic heterocycles. The summed E-state index contributed by atoms with van der Waals surface area (Å²) in [7, 11) is 0.894. The molecular weight excluding hydrogens is 771 g/mol. The van der Waals surface area contributed by atoms with Crippen LogP contribution in [-0.2, 0) is 33.0 Å². The molecule has 1 spiro atoms. The number of methoxy groups -OCH3 is 2. The highest BCUT2D eigenvalue weighted by Gasteiger charge is 2.66. The van der Waals surface area contributed by atoms with E-state index in [1.807, 2.05) is 131 Å². The van der Waals surface area contributed by atoms with Crippen molar-refractivity contribution in [1.29, 1.82) is 0 Å². The van der Waals surface area contributed by atoms with Gasteiger partial charge in [-0.3, -0.25) is 19.2 Å². The SMILES string of the molecule is COc1ccc([Si](C)(C)[C@@H]2[C@@H](CCn3cc(C(CO)c4ccccc4)nn3)O[C@]3(C(=O)N(Cc4ccc(N(C=O)c5ccccc5)cc4)c4ccc(OC)cc43)[C@H]2C)cc1. The van der Waals surface area contributed by atoms with E-state index in [0.29, 0.717) is 31.0 Å². The number of aromatic nitrogens is 3. The number of nitrogens with zero attached hydrogens (tertiary/aromatic N) is 5. The number of ether oxygens (including phenoxy) is 3. The van der Waals surface area contributed by atoms with Crippen molar-refractivity contribution in [2.45, 2.75) is 62.7 Å². The lowest BCUT2D eigenvalue weighted by molar-refractivity contribution is -0.146. The summed E-state index contributed by atoms with van der Waals surface area (Å²) >= 11 is 0. The van der Waals surface area contributed by atoms with E-state index in [4.69, 9.17) is 14.2 Å². The van der Waals surface area contributed by atoms with Crippen molar-refractivity contribution in [3.8, 4) is 11.5 Å². The van der Waals surface area contributed by atoms with Crippen LogP contribution in [0.15, 0.2) is 134 Å². The topological polar surface area (TPSA) is 119 Å². The average Bonchev–Trinajstić information content (AvgIpc) is 3.94. The van der Waals surface area contributed by atoms with Crippen LogP contribution < -0.4 is 24.5 Å². The summed E-state index contributed by atoms with van der Waals surface area (Å²) in [5.74, 6) is 0.826. The third kappa shape index (κ3) is 7.29. The van der Waals surface area contributed by atoms with Crippen LogP contribution in [0.1, 0.15) is 41.6 Å². The van der Waals surface area contributed by atoms with Gasteiger partial charge in [0.1, 0.15) is 11.5 Å². The molecule has 0 bridgehead atoms. The lowest BCUT2D eigenvalue weighted by Gasteiger charge is -2.37. The number of anilines is 3. The van der Waals surface area contributed by atoms with Crippen LogP contribution >= 0.6 is 0 Å². The molecule has 0 saturated carbocycles. The van der Waals surface area contributed by atoms with Crippen molar-refractivity contribution < 1.29 is 28.9 Å². The van der Waals surface area contributed by atoms with Crippen molar-refractivity contribution in [2.24, 2.45) is 5.92 Å². The predicted octanol–water partition coefficient (Wildman–Crippen LogP) is 7.57. The molecule has 60 heavy (non-hydrogen) atoms. The number of benzene rings is 5. The van der Waals surface area contributed by atoms with Crippen LogP contribution in [0.25, 0.3) is 0 Å². The monoisotopic (exact) mass is 821 g/mol. The molecule has 2 aliphatic heterocycles. The number of aryl methyl sites for hydroxylation is 1. The maximum Gasteiger partial charge on any atom is 0.264 e. The fourth-order valence-electron chi connectivity index (χ4n) is 9.55. The third-order valence-electron chi connectivity index (χ3n) is 12.7. The van der Waals surface area contributed by atoms with Crippen LogP contribution in [0.4, 0.5) is 17.1 Å². The molecule has 3 heterocycles. The van der Waals surface area contributed by atoms with E-state index in [1.165, 1.54) is 5.19 Å². The van der Waals surface area contributed by atoms with E-state index in [9.17, 15) is 9.90 Å². The molecule has 0 aliphatic carbocycles. The molecular formula is C48H51N5O6Si. The Bertz CT molecular complexity index is 2430. The molecule has 0 radical (unpaired) electrons. The summed E-state index contributed by atoms with van der Waals surface area (Å²) in [6.07, 6.45) is 2.99. The van der Waals surface area contributed by atoms with Crippen molar-refractivity contribution in [3.05, 3.63) is 156 Å². The molecule has 1 N–H and O–H groups in total. The zero-order valence-corrected chi connectivity index (χ0v) is 35.6. The summed E-state index contributed by atoms with van der Waals surface area (Å²) in [5, 5.41) is 20.6. The fraction of sp³-hybridized carbons (Fsp3) is 0.292. The average molecular weight is 822 g/mol. The fourth-order valence-corrected chi connectivity index (χ4v) is 13.6. The number of hydrogen-bond donors (Lipinski definition) is 1. The van der Waals surface area contributed by atoms with Gasteiger partial charge in [-0.25, -0.2) is 0 Å². The molecule has 1 fully saturated rings. The van der Waals surface area contributed by atoms with Gasteiger partial charge in [0.25, 0.3) is 5.91 Å². The lowest BCUT2D eigenvalue weighted by atomic mass is 9.82. The molecule has 1 saturated heterocycles. The second-order valence-corrected chi connectivity index (χ2v) is 20.9. The van der Waals surface area contributed by atoms with Crippen LogP contribution in [0, 0.1) is 5.92 Å². The van der Waals surface area contributed by atoms with Crippen molar-refractivity contribution in [1.82, 2.24) is 15.0 Å². The van der Waals surface area contributed by atoms with Gasteiger partial charge in [0.15, 0.2) is 5.60 Å². The maximum atomic E-state index is 15.4. The van der Waals surface area contributed by atoms with E-state index >= 15 is 4.79 Å². The quantitative estimate of drug-likeness (QED) is 0.0833. The summed E-state index contributed by atoms with van der Waals surface area (Å²) in [5.41, 5.74) is 4.40. The Kier molecular flexibility index (Phi) is 11.4. The number of carbonyl (C=O) groups is 2. The smallest absolute Gasteiger partial charge is 0.264 e. The second kappa shape index (κ2) is 16.9. The largest absolute Gasteiger partial charge is 0.497 e. The van der Waals surface area contributed by atoms with Crippen molar-refractivity contribution in [3.63, 3.8) is 0 Å². The maximum absolute atomic E-state index is 15.4. The van der Waals surface area contributed by atoms with Crippen LogP contribution in [0.2, 0.25) is 18.6 Å². The molecule has 1 unspecified atom stereocenters. The number of hydrogen-bond acceptors (Lipinski definition) is 8. The van der Waals surface area contributed by atoms with Gasteiger partial charge in [-0.2, -0.15) is 0 Å². The Balaban J connectivity index is 1.14. The first-order chi connectivity index (χ1) is 29.1. The van der Waals surface area contributed by atoms with E-state index in [2.05, 4.69) is 42.5 Å². The van der Waals surface area contributed by atoms with Gasteiger partial charge in [-0.1, -0.05) is 103 Å². The number of para-hydroxylation sites is 1. The molecule has 5 aromatic carbocycles. The number of carbonyl (C=O) groups excluding carboxylic acids is 2. The lowest BCUT2D eigenvalue weighted by Crippen LogP contribution is -2.51. The number of aliphatic hydroxyl groups is 1. The van der Waals surface area contributed by atoms with Crippen molar-refractivity contribution in [2.75, 3.05) is 30.6 Å². The second-order valence-electron chi connectivity index (χ2n) is 16.2. The molecule has 8 rings (SSSR count).